The summed E-state index contributed by atoms with van der Waals surface area (Å²) < 4.78 is 0. The van der Waals surface area contributed by atoms with Crippen LogP contribution in [-0.2, 0) is 4.79 Å². The highest BCUT2D eigenvalue weighted by Gasteiger charge is 2.24. The number of anilines is 1. The van der Waals surface area contributed by atoms with Crippen LogP contribution in [0.15, 0.2) is 35.3 Å². The lowest BCUT2D eigenvalue weighted by atomic mass is 9.85. The van der Waals surface area contributed by atoms with Crippen molar-refractivity contribution in [3.63, 3.8) is 0 Å². The van der Waals surface area contributed by atoms with Crippen molar-refractivity contribution in [1.82, 2.24) is 5.32 Å². The third kappa shape index (κ3) is 4.57. The van der Waals surface area contributed by atoms with Crippen LogP contribution in [0.5, 0.6) is 0 Å². The number of carbonyl (C=O) groups is 1. The highest BCUT2D eigenvalue weighted by Crippen LogP contribution is 2.25. The molecule has 0 saturated heterocycles. The molecule has 108 valence electrons. The third-order valence-corrected chi connectivity index (χ3v) is 3.44. The molecule has 4 N–H and O–H groups in total. The molecule has 1 aromatic carbocycles. The number of aliphatic imine (C=N–C) groups is 1. The van der Waals surface area contributed by atoms with E-state index in [1.807, 2.05) is 30.3 Å². The lowest BCUT2D eigenvalue weighted by molar-refractivity contribution is -0.127. The second-order valence-corrected chi connectivity index (χ2v) is 5.03. The monoisotopic (exact) mass is 274 g/mol. The molecule has 2 rings (SSSR count). The van der Waals surface area contributed by atoms with E-state index in [1.54, 1.807) is 0 Å². The summed E-state index contributed by atoms with van der Waals surface area (Å²) in [5, 5.41) is 5.96. The highest BCUT2D eigenvalue weighted by molar-refractivity contribution is 5.92. The molecule has 0 aromatic heterocycles. The first-order chi connectivity index (χ1) is 9.75. The number of carbonyl (C=O) groups excluding carboxylic acids is 1. The fraction of sp³-hybridized carbons (Fsp3) is 0.467. The van der Waals surface area contributed by atoms with Crippen LogP contribution in [0, 0.1) is 5.92 Å². The van der Waals surface area contributed by atoms with E-state index in [9.17, 15) is 4.79 Å². The molecule has 5 heteroatoms. The maximum absolute atomic E-state index is 11.6. The Morgan fingerprint density at radius 2 is 2.05 bits per heavy atom. The zero-order chi connectivity index (χ0) is 14.2. The van der Waals surface area contributed by atoms with Gasteiger partial charge in [-0.3, -0.25) is 9.79 Å². The van der Waals surface area contributed by atoms with Gasteiger partial charge in [0.2, 0.25) is 5.91 Å². The zero-order valence-corrected chi connectivity index (χ0v) is 11.6. The fourth-order valence-corrected chi connectivity index (χ4v) is 2.01. The van der Waals surface area contributed by atoms with Gasteiger partial charge < -0.3 is 16.4 Å². The van der Waals surface area contributed by atoms with Crippen molar-refractivity contribution in [2.24, 2.45) is 16.6 Å². The standard InChI is InChI=1S/C15H22N4O/c16-15(19-13-8-2-1-3-9-13)18-11-5-10-17-14(20)12-6-4-7-12/h1-3,8-9,12H,4-7,10-11H2,(H,17,20)(H3,16,18,19). The first-order valence-electron chi connectivity index (χ1n) is 7.15. The Hall–Kier alpha value is -2.04. The largest absolute Gasteiger partial charge is 0.370 e. The number of amides is 1. The Morgan fingerprint density at radius 3 is 2.70 bits per heavy atom. The predicted octanol–water partition coefficient (Wildman–Crippen LogP) is 1.72. The molecule has 0 atom stereocenters. The first-order valence-corrected chi connectivity index (χ1v) is 7.15. The third-order valence-electron chi connectivity index (χ3n) is 3.44. The van der Waals surface area contributed by atoms with Crippen molar-refractivity contribution >= 4 is 17.6 Å². The molecule has 0 spiro atoms. The number of benzene rings is 1. The van der Waals surface area contributed by atoms with Gasteiger partial charge in [0.05, 0.1) is 0 Å². The quantitative estimate of drug-likeness (QED) is 0.420. The highest BCUT2D eigenvalue weighted by atomic mass is 16.1. The van der Waals surface area contributed by atoms with Gasteiger partial charge in [-0.05, 0) is 31.4 Å². The van der Waals surface area contributed by atoms with Crippen LogP contribution in [0.2, 0.25) is 0 Å². The maximum Gasteiger partial charge on any atom is 0.223 e. The van der Waals surface area contributed by atoms with E-state index in [1.165, 1.54) is 6.42 Å². The molecule has 0 aliphatic heterocycles. The molecule has 1 amide bonds. The van der Waals surface area contributed by atoms with Gasteiger partial charge in [0.25, 0.3) is 0 Å². The number of nitrogens with two attached hydrogens (primary N) is 1. The van der Waals surface area contributed by atoms with Gasteiger partial charge in [0.1, 0.15) is 0 Å². The van der Waals surface area contributed by atoms with Crippen LogP contribution >= 0.6 is 0 Å². The number of hydrogen-bond donors (Lipinski definition) is 3. The fourth-order valence-electron chi connectivity index (χ4n) is 2.01. The Labute approximate surface area is 119 Å². The molecule has 1 saturated carbocycles. The van der Waals surface area contributed by atoms with Crippen LogP contribution in [0.1, 0.15) is 25.7 Å². The minimum Gasteiger partial charge on any atom is -0.370 e. The van der Waals surface area contributed by atoms with E-state index in [0.717, 1.165) is 24.9 Å². The average molecular weight is 274 g/mol. The molecule has 0 heterocycles. The topological polar surface area (TPSA) is 79.5 Å². The molecule has 5 nitrogen and oxygen atoms in total. The van der Waals surface area contributed by atoms with E-state index in [2.05, 4.69) is 15.6 Å². The maximum atomic E-state index is 11.6. The SMILES string of the molecule is NC(=NCCCNC(=O)C1CCC1)Nc1ccccc1. The molecule has 1 aliphatic rings. The Kier molecular flexibility index (Phi) is 5.41. The number of nitrogens with zero attached hydrogens (tertiary/aromatic N) is 1. The second-order valence-electron chi connectivity index (χ2n) is 5.03. The molecule has 1 aliphatic carbocycles. The average Bonchev–Trinajstić information content (AvgIpc) is 2.37. The molecular formula is C15H22N4O. The molecular weight excluding hydrogens is 252 g/mol. The van der Waals surface area contributed by atoms with Crippen molar-refractivity contribution < 1.29 is 4.79 Å². The first kappa shape index (κ1) is 14.4. The van der Waals surface area contributed by atoms with Crippen LogP contribution in [0.4, 0.5) is 5.69 Å². The lowest BCUT2D eigenvalue weighted by Crippen LogP contribution is -2.35. The summed E-state index contributed by atoms with van der Waals surface area (Å²) in [6.07, 6.45) is 4.07. The summed E-state index contributed by atoms with van der Waals surface area (Å²) in [6.45, 7) is 1.27. The van der Waals surface area contributed by atoms with Crippen molar-refractivity contribution in [2.75, 3.05) is 18.4 Å². The van der Waals surface area contributed by atoms with Gasteiger partial charge in [-0.2, -0.15) is 0 Å². The number of rotatable bonds is 6. The smallest absolute Gasteiger partial charge is 0.223 e. The van der Waals surface area contributed by atoms with Crippen LogP contribution in [0.25, 0.3) is 0 Å². The number of nitrogens with one attached hydrogen (secondary N) is 2. The van der Waals surface area contributed by atoms with Crippen molar-refractivity contribution in [3.05, 3.63) is 30.3 Å². The van der Waals surface area contributed by atoms with Gasteiger partial charge >= 0.3 is 0 Å². The summed E-state index contributed by atoms with van der Waals surface area (Å²) in [7, 11) is 0. The normalized spacial score (nSPS) is 15.5. The number of para-hydroxylation sites is 1. The van der Waals surface area contributed by atoms with Crippen LogP contribution in [0.3, 0.4) is 0 Å². The summed E-state index contributed by atoms with van der Waals surface area (Å²) in [5.41, 5.74) is 6.70. The van der Waals surface area contributed by atoms with E-state index < -0.39 is 0 Å². The molecule has 1 aromatic rings. The summed E-state index contributed by atoms with van der Waals surface area (Å²) in [6, 6.07) is 9.68. The Balaban J connectivity index is 1.59. The molecule has 20 heavy (non-hydrogen) atoms. The summed E-state index contributed by atoms with van der Waals surface area (Å²) >= 11 is 0. The van der Waals surface area contributed by atoms with Crippen LogP contribution in [-0.4, -0.2) is 25.0 Å². The van der Waals surface area contributed by atoms with Gasteiger partial charge in [0.15, 0.2) is 5.96 Å². The minimum absolute atomic E-state index is 0.190. The predicted molar refractivity (Wildman–Crippen MR) is 81.5 cm³/mol. The summed E-state index contributed by atoms with van der Waals surface area (Å²) in [4.78, 5) is 15.8. The van der Waals surface area contributed by atoms with Gasteiger partial charge in [-0.1, -0.05) is 24.6 Å². The molecule has 1 fully saturated rings. The number of guanidine groups is 1. The Bertz CT molecular complexity index is 454. The Morgan fingerprint density at radius 1 is 1.30 bits per heavy atom. The summed E-state index contributed by atoms with van der Waals surface area (Å²) in [5.74, 6) is 0.848. The van der Waals surface area contributed by atoms with Crippen molar-refractivity contribution in [1.29, 1.82) is 0 Å². The van der Waals surface area contributed by atoms with E-state index in [4.69, 9.17) is 5.73 Å². The molecule has 0 unspecified atom stereocenters. The molecule has 0 bridgehead atoms. The van der Waals surface area contributed by atoms with Crippen molar-refractivity contribution in [3.8, 4) is 0 Å². The lowest BCUT2D eigenvalue weighted by Gasteiger charge is -2.23. The second kappa shape index (κ2) is 7.53. The van der Waals surface area contributed by atoms with E-state index in [0.29, 0.717) is 19.0 Å². The van der Waals surface area contributed by atoms with Crippen molar-refractivity contribution in [2.45, 2.75) is 25.7 Å². The van der Waals surface area contributed by atoms with E-state index in [-0.39, 0.29) is 11.8 Å². The van der Waals surface area contributed by atoms with Gasteiger partial charge in [-0.25, -0.2) is 0 Å². The van der Waals surface area contributed by atoms with Crippen LogP contribution < -0.4 is 16.4 Å². The van der Waals surface area contributed by atoms with Gasteiger partial charge in [-0.15, -0.1) is 0 Å². The number of hydrogen-bond acceptors (Lipinski definition) is 2. The zero-order valence-electron chi connectivity index (χ0n) is 11.6. The van der Waals surface area contributed by atoms with Gasteiger partial charge in [0, 0.05) is 24.7 Å². The molecule has 0 radical (unpaired) electrons. The minimum atomic E-state index is 0.190. The van der Waals surface area contributed by atoms with E-state index >= 15 is 0 Å².